The van der Waals surface area contributed by atoms with Crippen LogP contribution in [0.5, 0.6) is 0 Å². The number of nitrogens with one attached hydrogen (secondary N) is 1. The second-order valence-electron chi connectivity index (χ2n) is 7.11. The SMILES string of the molecule is CN(C)CCN1C(=S)NC(c2ccccn2)C1c1cccn1-c1ccccn1. The van der Waals surface area contributed by atoms with Crippen molar-refractivity contribution >= 4 is 17.3 Å². The Morgan fingerprint density at radius 1 is 1.04 bits per heavy atom. The van der Waals surface area contributed by atoms with Crippen LogP contribution < -0.4 is 5.32 Å². The van der Waals surface area contributed by atoms with Crippen LogP contribution in [0.25, 0.3) is 5.82 Å². The molecule has 7 heteroatoms. The summed E-state index contributed by atoms with van der Waals surface area (Å²) in [5, 5.41) is 4.26. The van der Waals surface area contributed by atoms with Gasteiger partial charge >= 0.3 is 0 Å². The molecule has 0 saturated carbocycles. The molecule has 28 heavy (non-hydrogen) atoms. The first-order valence-electron chi connectivity index (χ1n) is 9.36. The Kier molecular flexibility index (Phi) is 5.36. The van der Waals surface area contributed by atoms with Gasteiger partial charge in [0, 0.05) is 37.4 Å². The van der Waals surface area contributed by atoms with E-state index >= 15 is 0 Å². The maximum Gasteiger partial charge on any atom is 0.170 e. The van der Waals surface area contributed by atoms with Crippen LogP contribution in [-0.4, -0.2) is 56.6 Å². The highest BCUT2D eigenvalue weighted by molar-refractivity contribution is 7.80. The number of likely N-dealkylation sites (N-methyl/N-ethyl adjacent to an activating group) is 1. The van der Waals surface area contributed by atoms with Crippen molar-refractivity contribution in [3.8, 4) is 5.82 Å². The highest BCUT2D eigenvalue weighted by atomic mass is 32.1. The Morgan fingerprint density at radius 2 is 1.82 bits per heavy atom. The van der Waals surface area contributed by atoms with Crippen LogP contribution in [0.1, 0.15) is 23.5 Å². The van der Waals surface area contributed by atoms with Crippen molar-refractivity contribution in [1.29, 1.82) is 0 Å². The summed E-state index contributed by atoms with van der Waals surface area (Å²) < 4.78 is 2.14. The summed E-state index contributed by atoms with van der Waals surface area (Å²) in [7, 11) is 4.16. The van der Waals surface area contributed by atoms with Crippen LogP contribution in [0.2, 0.25) is 0 Å². The highest BCUT2D eigenvalue weighted by Gasteiger charge is 2.41. The first kappa shape index (κ1) is 18.6. The summed E-state index contributed by atoms with van der Waals surface area (Å²) in [5.41, 5.74) is 2.12. The molecule has 1 aliphatic rings. The van der Waals surface area contributed by atoms with Crippen LogP contribution >= 0.6 is 12.2 Å². The summed E-state index contributed by atoms with van der Waals surface area (Å²) >= 11 is 5.72. The molecule has 6 nitrogen and oxygen atoms in total. The van der Waals surface area contributed by atoms with E-state index in [0.717, 1.165) is 35.4 Å². The standard InChI is InChI=1S/C21H24N6S/c1-25(2)14-15-27-20(19(24-21(27)28)16-8-3-5-11-22-16)17-9-7-13-26(17)18-10-4-6-12-23-18/h3-13,19-20H,14-15H2,1-2H3,(H,24,28). The Morgan fingerprint density at radius 3 is 2.50 bits per heavy atom. The van der Waals surface area contributed by atoms with Gasteiger partial charge in [0.2, 0.25) is 0 Å². The van der Waals surface area contributed by atoms with E-state index in [0.29, 0.717) is 0 Å². The van der Waals surface area contributed by atoms with Crippen molar-refractivity contribution in [2.24, 2.45) is 0 Å². The van der Waals surface area contributed by atoms with Crippen LogP contribution in [0.3, 0.4) is 0 Å². The third-order valence-corrected chi connectivity index (χ3v) is 5.32. The Balaban J connectivity index is 1.77. The lowest BCUT2D eigenvalue weighted by Gasteiger charge is -2.29. The Hall–Kier alpha value is -2.77. The molecule has 0 amide bonds. The number of hydrogen-bond acceptors (Lipinski definition) is 4. The minimum Gasteiger partial charge on any atom is -0.352 e. The van der Waals surface area contributed by atoms with E-state index in [-0.39, 0.29) is 12.1 Å². The van der Waals surface area contributed by atoms with Crippen LogP contribution in [-0.2, 0) is 0 Å². The van der Waals surface area contributed by atoms with Gasteiger partial charge in [0.25, 0.3) is 0 Å². The molecule has 0 aliphatic carbocycles. The normalized spacial score (nSPS) is 19.2. The summed E-state index contributed by atoms with van der Waals surface area (Å²) in [6, 6.07) is 16.2. The Labute approximate surface area is 170 Å². The van der Waals surface area contributed by atoms with E-state index in [4.69, 9.17) is 12.2 Å². The number of nitrogens with zero attached hydrogens (tertiary/aromatic N) is 5. The molecule has 1 fully saturated rings. The van der Waals surface area contributed by atoms with Crippen molar-refractivity contribution in [3.05, 3.63) is 78.5 Å². The summed E-state index contributed by atoms with van der Waals surface area (Å²) in [6.45, 7) is 1.75. The molecule has 0 spiro atoms. The zero-order valence-corrected chi connectivity index (χ0v) is 16.9. The molecular formula is C21H24N6S. The number of pyridine rings is 2. The van der Waals surface area contributed by atoms with Gasteiger partial charge in [-0.15, -0.1) is 0 Å². The van der Waals surface area contributed by atoms with E-state index < -0.39 is 0 Å². The number of hydrogen-bond donors (Lipinski definition) is 1. The van der Waals surface area contributed by atoms with E-state index in [1.807, 2.05) is 42.7 Å². The highest BCUT2D eigenvalue weighted by Crippen LogP contribution is 2.39. The van der Waals surface area contributed by atoms with Gasteiger partial charge in [0.15, 0.2) is 5.11 Å². The maximum atomic E-state index is 5.72. The predicted molar refractivity (Wildman–Crippen MR) is 114 cm³/mol. The van der Waals surface area contributed by atoms with Gasteiger partial charge in [-0.3, -0.25) is 4.98 Å². The van der Waals surface area contributed by atoms with E-state index in [2.05, 4.69) is 68.1 Å². The van der Waals surface area contributed by atoms with Gasteiger partial charge in [-0.2, -0.15) is 0 Å². The van der Waals surface area contributed by atoms with Crippen molar-refractivity contribution in [3.63, 3.8) is 0 Å². The topological polar surface area (TPSA) is 49.2 Å². The molecule has 0 radical (unpaired) electrons. The fourth-order valence-corrected chi connectivity index (χ4v) is 3.95. The summed E-state index contributed by atoms with van der Waals surface area (Å²) in [6.07, 6.45) is 5.70. The first-order chi connectivity index (χ1) is 13.6. The van der Waals surface area contributed by atoms with Crippen LogP contribution in [0, 0.1) is 0 Å². The molecule has 1 saturated heterocycles. The molecule has 2 atom stereocenters. The third-order valence-electron chi connectivity index (χ3n) is 4.97. The summed E-state index contributed by atoms with van der Waals surface area (Å²) in [4.78, 5) is 13.6. The Bertz CT molecular complexity index is 924. The maximum absolute atomic E-state index is 5.72. The zero-order chi connectivity index (χ0) is 19.5. The molecule has 4 rings (SSSR count). The average molecular weight is 393 g/mol. The molecule has 1 N–H and O–H groups in total. The number of thiocarbonyl (C=S) groups is 1. The van der Waals surface area contributed by atoms with E-state index in [1.54, 1.807) is 0 Å². The predicted octanol–water partition coefficient (Wildman–Crippen LogP) is 2.80. The molecule has 0 aromatic carbocycles. The fraction of sp³-hybridized carbons (Fsp3) is 0.286. The van der Waals surface area contributed by atoms with Gasteiger partial charge in [-0.25, -0.2) is 4.98 Å². The second-order valence-corrected chi connectivity index (χ2v) is 7.50. The molecule has 3 aromatic heterocycles. The lowest BCUT2D eigenvalue weighted by atomic mass is 10.0. The minimum atomic E-state index is -0.0202. The van der Waals surface area contributed by atoms with Crippen molar-refractivity contribution < 1.29 is 0 Å². The zero-order valence-electron chi connectivity index (χ0n) is 16.1. The fourth-order valence-electron chi connectivity index (χ4n) is 3.62. The molecule has 144 valence electrons. The molecule has 0 bridgehead atoms. The minimum absolute atomic E-state index is 0.0202. The van der Waals surface area contributed by atoms with Crippen molar-refractivity contribution in [2.75, 3.05) is 27.2 Å². The van der Waals surface area contributed by atoms with Gasteiger partial charge in [-0.1, -0.05) is 12.1 Å². The molecule has 4 heterocycles. The monoisotopic (exact) mass is 392 g/mol. The third kappa shape index (κ3) is 3.63. The molecular weight excluding hydrogens is 368 g/mol. The van der Waals surface area contributed by atoms with E-state index in [9.17, 15) is 0 Å². The largest absolute Gasteiger partial charge is 0.352 e. The average Bonchev–Trinajstić information content (AvgIpc) is 3.32. The van der Waals surface area contributed by atoms with Gasteiger partial charge < -0.3 is 19.7 Å². The number of aromatic nitrogens is 3. The lowest BCUT2D eigenvalue weighted by molar-refractivity contribution is 0.272. The first-order valence-corrected chi connectivity index (χ1v) is 9.77. The van der Waals surface area contributed by atoms with Crippen molar-refractivity contribution in [2.45, 2.75) is 12.1 Å². The van der Waals surface area contributed by atoms with Gasteiger partial charge in [0.1, 0.15) is 5.82 Å². The lowest BCUT2D eigenvalue weighted by Crippen LogP contribution is -2.36. The quantitative estimate of drug-likeness (QED) is 0.651. The second kappa shape index (κ2) is 8.08. The van der Waals surface area contributed by atoms with Gasteiger partial charge in [-0.05, 0) is 62.7 Å². The molecule has 2 unspecified atom stereocenters. The van der Waals surface area contributed by atoms with Crippen LogP contribution in [0.4, 0.5) is 0 Å². The summed E-state index contributed by atoms with van der Waals surface area (Å²) in [5.74, 6) is 0.896. The molecule has 1 aliphatic heterocycles. The van der Waals surface area contributed by atoms with Crippen LogP contribution in [0.15, 0.2) is 67.1 Å². The van der Waals surface area contributed by atoms with E-state index in [1.165, 1.54) is 0 Å². The molecule has 3 aromatic rings. The van der Waals surface area contributed by atoms with Gasteiger partial charge in [0.05, 0.1) is 17.8 Å². The number of rotatable bonds is 6. The van der Waals surface area contributed by atoms with Crippen molar-refractivity contribution in [1.82, 2.24) is 29.7 Å². The smallest absolute Gasteiger partial charge is 0.170 e.